The van der Waals surface area contributed by atoms with Gasteiger partial charge in [-0.05, 0) is 73.7 Å². The lowest BCUT2D eigenvalue weighted by Crippen LogP contribution is -2.31. The van der Waals surface area contributed by atoms with Gasteiger partial charge in [0.15, 0.2) is 0 Å². The smallest absolute Gasteiger partial charge is 0.252 e. The zero-order valence-electron chi connectivity index (χ0n) is 19.9. The number of halogens is 1. The molecule has 0 saturated carbocycles. The second kappa shape index (κ2) is 9.04. The molecule has 0 radical (unpaired) electrons. The lowest BCUT2D eigenvalue weighted by atomic mass is 9.87. The number of hydrogen-bond acceptors (Lipinski definition) is 3. The van der Waals surface area contributed by atoms with E-state index >= 15 is 0 Å². The van der Waals surface area contributed by atoms with Crippen LogP contribution in [0.1, 0.15) is 46.1 Å². The standard InChI is InChI=1S/C30H25FN4O/c1-19-26(18-32-35(19)22-15-13-21(31)14-16-22)29-17-25(24-10-4-5-11-28(24)33-29)30(36)34-27-12-6-8-20-7-2-3-9-23(20)27/h2-5,7,9-11,13-18,27H,6,8,12H2,1H3,(H,34,36)/t27-/m1/s1. The van der Waals surface area contributed by atoms with E-state index in [0.717, 1.165) is 47.1 Å². The Labute approximate surface area is 208 Å². The second-order valence-electron chi connectivity index (χ2n) is 9.22. The highest BCUT2D eigenvalue weighted by molar-refractivity contribution is 6.07. The molecule has 1 amide bonds. The number of carbonyl (C=O) groups is 1. The van der Waals surface area contributed by atoms with Crippen molar-refractivity contribution in [3.05, 3.63) is 113 Å². The van der Waals surface area contributed by atoms with Gasteiger partial charge in [0.2, 0.25) is 0 Å². The molecule has 0 spiro atoms. The molecular formula is C30H25FN4O. The summed E-state index contributed by atoms with van der Waals surface area (Å²) in [6.45, 7) is 1.95. The normalized spacial score (nSPS) is 15.0. The van der Waals surface area contributed by atoms with Crippen molar-refractivity contribution >= 4 is 16.8 Å². The van der Waals surface area contributed by atoms with E-state index in [1.807, 2.05) is 43.3 Å². The van der Waals surface area contributed by atoms with Crippen molar-refractivity contribution in [2.45, 2.75) is 32.2 Å². The fraction of sp³-hybridized carbons (Fsp3) is 0.167. The third-order valence-electron chi connectivity index (χ3n) is 6.99. The molecule has 36 heavy (non-hydrogen) atoms. The summed E-state index contributed by atoms with van der Waals surface area (Å²) in [5.74, 6) is -0.406. The first-order valence-corrected chi connectivity index (χ1v) is 12.2. The van der Waals surface area contributed by atoms with Gasteiger partial charge < -0.3 is 5.32 Å². The molecular weight excluding hydrogens is 451 g/mol. The highest BCUT2D eigenvalue weighted by atomic mass is 19.1. The number of nitrogens with zero attached hydrogens (tertiary/aromatic N) is 3. The highest BCUT2D eigenvalue weighted by Crippen LogP contribution is 2.32. The summed E-state index contributed by atoms with van der Waals surface area (Å²) in [5, 5.41) is 8.62. The molecule has 5 aromatic rings. The number of aromatic nitrogens is 3. The van der Waals surface area contributed by atoms with E-state index in [9.17, 15) is 9.18 Å². The van der Waals surface area contributed by atoms with Crippen molar-refractivity contribution < 1.29 is 9.18 Å². The van der Waals surface area contributed by atoms with Crippen LogP contribution in [0.15, 0.2) is 85.1 Å². The number of amides is 1. The third-order valence-corrected chi connectivity index (χ3v) is 6.99. The number of aryl methyl sites for hydroxylation is 1. The van der Waals surface area contributed by atoms with Gasteiger partial charge in [-0.1, -0.05) is 42.5 Å². The predicted octanol–water partition coefficient (Wildman–Crippen LogP) is 6.34. The van der Waals surface area contributed by atoms with Crippen LogP contribution in [-0.4, -0.2) is 20.7 Å². The first-order chi connectivity index (χ1) is 17.6. The van der Waals surface area contributed by atoms with Crippen LogP contribution >= 0.6 is 0 Å². The van der Waals surface area contributed by atoms with Gasteiger partial charge in [0.25, 0.3) is 5.91 Å². The van der Waals surface area contributed by atoms with E-state index in [1.165, 1.54) is 23.3 Å². The summed E-state index contributed by atoms with van der Waals surface area (Å²) in [6, 6.07) is 24.1. The molecule has 1 atom stereocenters. The molecule has 5 nitrogen and oxygen atoms in total. The fourth-order valence-corrected chi connectivity index (χ4v) is 5.14. The molecule has 0 unspecified atom stereocenters. The van der Waals surface area contributed by atoms with Crippen LogP contribution in [0.4, 0.5) is 4.39 Å². The number of carbonyl (C=O) groups excluding carboxylic acids is 1. The van der Waals surface area contributed by atoms with Gasteiger partial charge in [-0.15, -0.1) is 0 Å². The van der Waals surface area contributed by atoms with E-state index < -0.39 is 0 Å². The molecule has 6 heteroatoms. The van der Waals surface area contributed by atoms with E-state index in [4.69, 9.17) is 4.98 Å². The minimum Gasteiger partial charge on any atom is -0.345 e. The van der Waals surface area contributed by atoms with E-state index in [1.54, 1.807) is 23.0 Å². The first-order valence-electron chi connectivity index (χ1n) is 12.2. The summed E-state index contributed by atoms with van der Waals surface area (Å²) in [6.07, 6.45) is 4.76. The molecule has 1 aliphatic rings. The SMILES string of the molecule is Cc1c(-c2cc(C(=O)N[C@@H]3CCCc4ccccc43)c3ccccc3n2)cnn1-c1ccc(F)cc1. The number of rotatable bonds is 4. The zero-order valence-corrected chi connectivity index (χ0v) is 19.9. The van der Waals surface area contributed by atoms with Crippen molar-refractivity contribution in [1.29, 1.82) is 0 Å². The maximum absolute atomic E-state index is 13.7. The van der Waals surface area contributed by atoms with Crippen molar-refractivity contribution in [3.63, 3.8) is 0 Å². The van der Waals surface area contributed by atoms with Crippen molar-refractivity contribution in [2.24, 2.45) is 0 Å². The van der Waals surface area contributed by atoms with Crippen LogP contribution in [-0.2, 0) is 6.42 Å². The van der Waals surface area contributed by atoms with Gasteiger partial charge >= 0.3 is 0 Å². The maximum Gasteiger partial charge on any atom is 0.252 e. The first kappa shape index (κ1) is 22.2. The van der Waals surface area contributed by atoms with Crippen LogP contribution in [0.25, 0.3) is 27.8 Å². The minimum absolute atomic E-state index is 0.0132. The van der Waals surface area contributed by atoms with Crippen LogP contribution < -0.4 is 5.32 Å². The number of benzene rings is 3. The minimum atomic E-state index is -0.295. The average molecular weight is 477 g/mol. The predicted molar refractivity (Wildman–Crippen MR) is 139 cm³/mol. The van der Waals surface area contributed by atoms with Crippen LogP contribution in [0, 0.1) is 12.7 Å². The summed E-state index contributed by atoms with van der Waals surface area (Å²) in [5.41, 5.74) is 6.96. The van der Waals surface area contributed by atoms with Gasteiger partial charge in [-0.25, -0.2) is 14.1 Å². The summed E-state index contributed by atoms with van der Waals surface area (Å²) in [4.78, 5) is 18.5. The van der Waals surface area contributed by atoms with E-state index in [0.29, 0.717) is 11.3 Å². The molecule has 3 aromatic carbocycles. The Balaban J connectivity index is 1.40. The van der Waals surface area contributed by atoms with Gasteiger partial charge in [0.1, 0.15) is 5.82 Å². The average Bonchev–Trinajstić information content (AvgIpc) is 3.29. The number of nitrogens with one attached hydrogen (secondary N) is 1. The summed E-state index contributed by atoms with van der Waals surface area (Å²) in [7, 11) is 0. The topological polar surface area (TPSA) is 59.8 Å². The Morgan fingerprint density at radius 2 is 1.81 bits per heavy atom. The molecule has 2 heterocycles. The van der Waals surface area contributed by atoms with Gasteiger partial charge in [-0.2, -0.15) is 5.10 Å². The highest BCUT2D eigenvalue weighted by Gasteiger charge is 2.24. The summed E-state index contributed by atoms with van der Waals surface area (Å²) < 4.78 is 15.2. The largest absolute Gasteiger partial charge is 0.345 e. The Hall–Kier alpha value is -4.32. The molecule has 6 rings (SSSR count). The van der Waals surface area contributed by atoms with Gasteiger partial charge in [0.05, 0.1) is 40.4 Å². The lowest BCUT2D eigenvalue weighted by molar-refractivity contribution is 0.0934. The van der Waals surface area contributed by atoms with Crippen molar-refractivity contribution in [2.75, 3.05) is 0 Å². The Kier molecular flexibility index (Phi) is 5.56. The Morgan fingerprint density at radius 1 is 1.03 bits per heavy atom. The zero-order chi connectivity index (χ0) is 24.6. The molecule has 1 aliphatic carbocycles. The van der Waals surface area contributed by atoms with E-state index in [2.05, 4.69) is 28.6 Å². The molecule has 0 saturated heterocycles. The fourth-order valence-electron chi connectivity index (χ4n) is 5.14. The number of para-hydroxylation sites is 1. The second-order valence-corrected chi connectivity index (χ2v) is 9.22. The maximum atomic E-state index is 13.7. The Morgan fingerprint density at radius 3 is 2.67 bits per heavy atom. The molecule has 0 bridgehead atoms. The van der Waals surface area contributed by atoms with Crippen molar-refractivity contribution in [3.8, 4) is 16.9 Å². The summed E-state index contributed by atoms with van der Waals surface area (Å²) >= 11 is 0. The molecule has 1 N–H and O–H groups in total. The van der Waals surface area contributed by atoms with E-state index in [-0.39, 0.29) is 17.8 Å². The number of hydrogen-bond donors (Lipinski definition) is 1. The Bertz CT molecular complexity index is 1590. The number of pyridine rings is 1. The van der Waals surface area contributed by atoms with Gasteiger partial charge in [-0.3, -0.25) is 4.79 Å². The van der Waals surface area contributed by atoms with Crippen molar-refractivity contribution in [1.82, 2.24) is 20.1 Å². The lowest BCUT2D eigenvalue weighted by Gasteiger charge is -2.26. The van der Waals surface area contributed by atoms with Crippen LogP contribution in [0.5, 0.6) is 0 Å². The molecule has 2 aromatic heterocycles. The molecule has 178 valence electrons. The van der Waals surface area contributed by atoms with Crippen LogP contribution in [0.3, 0.4) is 0 Å². The number of fused-ring (bicyclic) bond motifs is 2. The monoisotopic (exact) mass is 476 g/mol. The van der Waals surface area contributed by atoms with Gasteiger partial charge in [0, 0.05) is 10.9 Å². The van der Waals surface area contributed by atoms with Crippen LogP contribution in [0.2, 0.25) is 0 Å². The molecule has 0 fully saturated rings. The molecule has 0 aliphatic heterocycles. The quantitative estimate of drug-likeness (QED) is 0.329. The third kappa shape index (κ3) is 3.94.